The Morgan fingerprint density at radius 2 is 2.30 bits per heavy atom. The minimum absolute atomic E-state index is 0.169. The van der Waals surface area contributed by atoms with Crippen LogP contribution in [0.15, 0.2) is 36.7 Å². The highest BCUT2D eigenvalue weighted by atomic mass is 35.5. The third kappa shape index (κ3) is 2.72. The van der Waals surface area contributed by atoms with Crippen molar-refractivity contribution in [3.05, 3.63) is 52.9 Å². The zero-order chi connectivity index (χ0) is 15.8. The minimum atomic E-state index is 0.169. The van der Waals surface area contributed by atoms with E-state index in [1.165, 1.54) is 11.3 Å². The molecule has 2 aromatic heterocycles. The lowest BCUT2D eigenvalue weighted by atomic mass is 10.0. The van der Waals surface area contributed by atoms with Gasteiger partial charge in [0.15, 0.2) is 0 Å². The van der Waals surface area contributed by atoms with Gasteiger partial charge >= 0.3 is 0 Å². The van der Waals surface area contributed by atoms with Gasteiger partial charge in [-0.05, 0) is 24.3 Å². The summed E-state index contributed by atoms with van der Waals surface area (Å²) in [7, 11) is 0. The molecule has 3 aromatic rings. The van der Waals surface area contributed by atoms with Crippen molar-refractivity contribution in [3.63, 3.8) is 0 Å². The van der Waals surface area contributed by atoms with Crippen molar-refractivity contribution in [2.75, 3.05) is 6.54 Å². The van der Waals surface area contributed by atoms with Crippen molar-refractivity contribution in [2.24, 2.45) is 0 Å². The number of carbonyl (C=O) groups is 1. The Kier molecular flexibility index (Phi) is 3.58. The first-order valence-electron chi connectivity index (χ1n) is 7.75. The fraction of sp³-hybridized carbons (Fsp3) is 0.294. The molecule has 0 atom stereocenters. The number of halogens is 1. The van der Waals surface area contributed by atoms with E-state index in [0.29, 0.717) is 19.5 Å². The summed E-state index contributed by atoms with van der Waals surface area (Å²) in [6.07, 6.45) is 4.94. The maximum absolute atomic E-state index is 12.5. The Balaban J connectivity index is 1.52. The molecular formula is C17H17ClN4O. The van der Waals surface area contributed by atoms with E-state index in [2.05, 4.69) is 10.1 Å². The highest BCUT2D eigenvalue weighted by Gasteiger charge is 2.23. The van der Waals surface area contributed by atoms with E-state index in [-0.39, 0.29) is 5.91 Å². The normalized spacial score (nSPS) is 14.2. The molecule has 0 fully saturated rings. The Bertz CT molecular complexity index is 853. The summed E-state index contributed by atoms with van der Waals surface area (Å²) >= 11 is 6.12. The molecule has 0 radical (unpaired) electrons. The largest absolute Gasteiger partial charge is 0.358 e. The molecule has 5 nitrogen and oxygen atoms in total. The second-order valence-electron chi connectivity index (χ2n) is 5.86. The molecular weight excluding hydrogens is 312 g/mol. The van der Waals surface area contributed by atoms with E-state index >= 15 is 0 Å². The van der Waals surface area contributed by atoms with E-state index in [4.69, 9.17) is 11.6 Å². The smallest absolute Gasteiger partial charge is 0.224 e. The number of amides is 1. The molecule has 4 rings (SSSR count). The highest BCUT2D eigenvalue weighted by Crippen LogP contribution is 2.29. The fourth-order valence-corrected chi connectivity index (χ4v) is 3.37. The number of nitrogens with zero attached hydrogens (tertiary/aromatic N) is 3. The van der Waals surface area contributed by atoms with Crippen molar-refractivity contribution >= 4 is 28.4 Å². The van der Waals surface area contributed by atoms with Crippen LogP contribution in [0.4, 0.5) is 0 Å². The van der Waals surface area contributed by atoms with Gasteiger partial charge in [-0.25, -0.2) is 0 Å². The zero-order valence-electron chi connectivity index (χ0n) is 12.6. The second-order valence-corrected chi connectivity index (χ2v) is 6.29. The third-order valence-electron chi connectivity index (χ3n) is 4.40. The average molecular weight is 329 g/mol. The maximum atomic E-state index is 12.5. The molecule has 3 heterocycles. The zero-order valence-corrected chi connectivity index (χ0v) is 13.4. The number of hydrogen-bond acceptors (Lipinski definition) is 2. The molecule has 6 heteroatoms. The van der Waals surface area contributed by atoms with Crippen LogP contribution in [0.1, 0.15) is 17.7 Å². The van der Waals surface area contributed by atoms with Crippen LogP contribution in [0, 0.1) is 0 Å². The third-order valence-corrected chi connectivity index (χ3v) is 4.64. The van der Waals surface area contributed by atoms with Gasteiger partial charge in [0.25, 0.3) is 0 Å². The summed E-state index contributed by atoms with van der Waals surface area (Å²) in [4.78, 5) is 17.9. The van der Waals surface area contributed by atoms with E-state index < -0.39 is 0 Å². The summed E-state index contributed by atoms with van der Waals surface area (Å²) in [5, 5.41) is 5.98. The maximum Gasteiger partial charge on any atom is 0.224 e. The van der Waals surface area contributed by atoms with Gasteiger partial charge in [0, 0.05) is 72.1 Å². The molecule has 1 aliphatic heterocycles. The average Bonchev–Trinajstić information content (AvgIpc) is 3.19. The topological polar surface area (TPSA) is 53.9 Å². The standard InChI is InChI=1S/C17H17ClN4O/c18-12-2-3-15-13(10-12)14-11-21(8-4-16(14)20-15)17(23)5-9-22-7-1-6-19-22/h1-3,6-7,10,20H,4-5,8-9,11H2. The lowest BCUT2D eigenvalue weighted by Gasteiger charge is -2.27. The van der Waals surface area contributed by atoms with Crippen molar-refractivity contribution in [1.29, 1.82) is 0 Å². The molecule has 0 spiro atoms. The summed E-state index contributed by atoms with van der Waals surface area (Å²) in [5.41, 5.74) is 3.50. The molecule has 0 saturated heterocycles. The highest BCUT2D eigenvalue weighted by molar-refractivity contribution is 6.31. The van der Waals surface area contributed by atoms with Crippen LogP contribution in [0.3, 0.4) is 0 Å². The number of H-pyrrole nitrogens is 1. The number of hydrogen-bond donors (Lipinski definition) is 1. The van der Waals surface area contributed by atoms with Crippen LogP contribution < -0.4 is 0 Å². The van der Waals surface area contributed by atoms with Crippen molar-refractivity contribution < 1.29 is 4.79 Å². The van der Waals surface area contributed by atoms with Gasteiger partial charge in [0.1, 0.15) is 0 Å². The number of aromatic amines is 1. The summed E-state index contributed by atoms with van der Waals surface area (Å²) < 4.78 is 1.79. The molecule has 0 bridgehead atoms. The van der Waals surface area contributed by atoms with Crippen molar-refractivity contribution in [3.8, 4) is 0 Å². The minimum Gasteiger partial charge on any atom is -0.358 e. The molecule has 0 unspecified atom stereocenters. The predicted octanol–water partition coefficient (Wildman–Crippen LogP) is 2.99. The molecule has 1 aromatic carbocycles. The van der Waals surface area contributed by atoms with E-state index in [1.807, 2.05) is 35.4 Å². The van der Waals surface area contributed by atoms with E-state index in [1.54, 1.807) is 10.9 Å². The fourth-order valence-electron chi connectivity index (χ4n) is 3.20. The van der Waals surface area contributed by atoms with Crippen LogP contribution in [-0.2, 0) is 24.3 Å². The molecule has 23 heavy (non-hydrogen) atoms. The summed E-state index contributed by atoms with van der Waals surface area (Å²) in [6.45, 7) is 2.02. The first-order valence-corrected chi connectivity index (χ1v) is 8.13. The van der Waals surface area contributed by atoms with Gasteiger partial charge < -0.3 is 9.88 Å². The van der Waals surface area contributed by atoms with Crippen LogP contribution in [0.2, 0.25) is 5.02 Å². The summed E-state index contributed by atoms with van der Waals surface area (Å²) in [5.74, 6) is 0.169. The monoisotopic (exact) mass is 328 g/mol. The van der Waals surface area contributed by atoms with Gasteiger partial charge in [-0.1, -0.05) is 11.6 Å². The SMILES string of the molecule is O=C(CCn1cccn1)N1CCc2[nH]c3ccc(Cl)cc3c2C1. The lowest BCUT2D eigenvalue weighted by molar-refractivity contribution is -0.132. The summed E-state index contributed by atoms with van der Waals surface area (Å²) in [6, 6.07) is 7.73. The molecule has 118 valence electrons. The van der Waals surface area contributed by atoms with Crippen LogP contribution >= 0.6 is 11.6 Å². The number of benzene rings is 1. The van der Waals surface area contributed by atoms with E-state index in [9.17, 15) is 4.79 Å². The van der Waals surface area contributed by atoms with Crippen LogP contribution in [0.5, 0.6) is 0 Å². The number of nitrogens with one attached hydrogen (secondary N) is 1. The Morgan fingerprint density at radius 1 is 1.39 bits per heavy atom. The second kappa shape index (κ2) is 5.74. The van der Waals surface area contributed by atoms with Gasteiger partial charge in [0.05, 0.1) is 0 Å². The predicted molar refractivity (Wildman–Crippen MR) is 89.3 cm³/mol. The lowest BCUT2D eigenvalue weighted by Crippen LogP contribution is -2.36. The Labute approximate surface area is 138 Å². The van der Waals surface area contributed by atoms with Gasteiger partial charge in [0.2, 0.25) is 5.91 Å². The van der Waals surface area contributed by atoms with Gasteiger partial charge in [-0.15, -0.1) is 0 Å². The molecule has 1 N–H and O–H groups in total. The van der Waals surface area contributed by atoms with Gasteiger partial charge in [-0.3, -0.25) is 9.48 Å². The number of aromatic nitrogens is 3. The number of rotatable bonds is 3. The Hall–Kier alpha value is -2.27. The quantitative estimate of drug-likeness (QED) is 0.803. The molecule has 0 aliphatic carbocycles. The molecule has 1 aliphatic rings. The Morgan fingerprint density at radius 3 is 3.13 bits per heavy atom. The van der Waals surface area contributed by atoms with E-state index in [0.717, 1.165) is 28.9 Å². The number of carbonyl (C=O) groups excluding carboxylic acids is 1. The molecule has 0 saturated carbocycles. The number of aryl methyl sites for hydroxylation is 1. The van der Waals surface area contributed by atoms with Gasteiger partial charge in [-0.2, -0.15) is 5.10 Å². The van der Waals surface area contributed by atoms with Crippen LogP contribution in [0.25, 0.3) is 10.9 Å². The number of fused-ring (bicyclic) bond motifs is 3. The molecule has 1 amide bonds. The van der Waals surface area contributed by atoms with Crippen molar-refractivity contribution in [1.82, 2.24) is 19.7 Å². The first kappa shape index (κ1) is 14.3. The van der Waals surface area contributed by atoms with Crippen molar-refractivity contribution in [2.45, 2.75) is 25.9 Å². The first-order chi connectivity index (χ1) is 11.2. The van der Waals surface area contributed by atoms with Crippen LogP contribution in [-0.4, -0.2) is 32.1 Å².